The second-order valence-electron chi connectivity index (χ2n) is 21.6. The van der Waals surface area contributed by atoms with Crippen LogP contribution in [0.15, 0.2) is 169 Å². The number of halogens is 6. The van der Waals surface area contributed by atoms with Crippen molar-refractivity contribution < 1.29 is 78.9 Å². The van der Waals surface area contributed by atoms with Gasteiger partial charge in [-0.15, -0.1) is 11.3 Å². The molecule has 82 heavy (non-hydrogen) atoms. The number of hydrogen-bond acceptors (Lipinski definition) is 10. The minimum absolute atomic E-state index is 0.0158. The van der Waals surface area contributed by atoms with Crippen LogP contribution >= 0.6 is 11.3 Å². The van der Waals surface area contributed by atoms with Crippen molar-refractivity contribution in [1.29, 1.82) is 0 Å². The summed E-state index contributed by atoms with van der Waals surface area (Å²) >= 11 is 1.86. The molecule has 11 nitrogen and oxygen atoms in total. The third-order valence-corrected chi connectivity index (χ3v) is 17.0. The standard InChI is InChI=1S/C31H36NO3.C29H34NO2S.2C2HF3O2/c33-31(29(26-13-6-2-7-14-26)23-25-11-4-1-5-12-25)35-30-24-32(20-17-27(30)18-21-32)19-10-22-34-28-15-8-3-9-16-28;31-29(27(24-11-5-2-6-12-24)21-23-9-3-1-4-10-23)32-28-22-30(18-15-25(28)16-19-30)17-7-13-26-14-8-20-33-26;2*3-2(4,5)1(6)7/h1-9,11-16,27,29-30H,10,17-24H2;1-6,8-12,14,20,25,27-28H,7,13,15-19,21-22H2;2*(H,6,7)/q2*+1;;/p-2/t27?,29?,30-,32?;25?,27?,28-,30?;;/m00../s1. The van der Waals surface area contributed by atoms with E-state index in [1.54, 1.807) is 0 Å². The molecule has 6 aliphatic heterocycles. The van der Waals surface area contributed by atoms with Crippen LogP contribution in [0.5, 0.6) is 5.75 Å². The Morgan fingerprint density at radius 1 is 0.512 bits per heavy atom. The maximum absolute atomic E-state index is 13.6. The number of aliphatic carboxylic acids is 2. The minimum Gasteiger partial charge on any atom is -0.542 e. The Labute approximate surface area is 479 Å². The van der Waals surface area contributed by atoms with E-state index in [-0.39, 0.29) is 36.0 Å². The zero-order valence-electron chi connectivity index (χ0n) is 45.6. The van der Waals surface area contributed by atoms with Crippen molar-refractivity contribution in [3.8, 4) is 5.75 Å². The largest absolute Gasteiger partial charge is 0.542 e. The number of benzene rings is 5. The van der Waals surface area contributed by atoms with E-state index in [2.05, 4.69) is 53.9 Å². The van der Waals surface area contributed by atoms with Gasteiger partial charge in [0.15, 0.2) is 12.2 Å². The van der Waals surface area contributed by atoms with Gasteiger partial charge in [0.2, 0.25) is 0 Å². The summed E-state index contributed by atoms with van der Waals surface area (Å²) in [6.07, 6.45) is -0.910. The molecule has 18 heteroatoms. The van der Waals surface area contributed by atoms with Gasteiger partial charge in [0.25, 0.3) is 0 Å². The fraction of sp³-hybridized carbons (Fsp3) is 0.406. The molecular weight excluding hydrogens is 1090 g/mol. The number of carboxylic acids is 2. The first kappa shape index (κ1) is 62.6. The van der Waals surface area contributed by atoms with Crippen LogP contribution < -0.4 is 14.9 Å². The van der Waals surface area contributed by atoms with Crippen molar-refractivity contribution in [3.63, 3.8) is 0 Å². The highest BCUT2D eigenvalue weighted by Gasteiger charge is 2.49. The molecule has 0 radical (unpaired) electrons. The van der Waals surface area contributed by atoms with E-state index in [0.717, 1.165) is 76.9 Å². The number of carbonyl (C=O) groups excluding carboxylic acids is 4. The second kappa shape index (κ2) is 29.8. The Kier molecular flexibility index (Phi) is 22.7. The topological polar surface area (TPSA) is 142 Å². The summed E-state index contributed by atoms with van der Waals surface area (Å²) in [5.74, 6) is -4.72. The summed E-state index contributed by atoms with van der Waals surface area (Å²) < 4.78 is 83.9. The molecule has 5 aromatic carbocycles. The van der Waals surface area contributed by atoms with Crippen molar-refractivity contribution in [2.75, 3.05) is 59.0 Å². The minimum atomic E-state index is -5.19. The fourth-order valence-corrected chi connectivity index (χ4v) is 12.4. The summed E-state index contributed by atoms with van der Waals surface area (Å²) in [7, 11) is 0. The summed E-state index contributed by atoms with van der Waals surface area (Å²) in [6, 6.07) is 55.3. The van der Waals surface area contributed by atoms with Crippen LogP contribution in [-0.2, 0) is 47.9 Å². The Morgan fingerprint density at radius 3 is 1.24 bits per heavy atom. The summed E-state index contributed by atoms with van der Waals surface area (Å²) in [6.45, 7) is 9.81. The van der Waals surface area contributed by atoms with Gasteiger partial charge in [0.05, 0.1) is 57.7 Å². The van der Waals surface area contributed by atoms with Gasteiger partial charge >= 0.3 is 24.3 Å². The van der Waals surface area contributed by atoms with Gasteiger partial charge in [0.1, 0.15) is 30.8 Å². The van der Waals surface area contributed by atoms with Gasteiger partial charge in [-0.25, -0.2) is 0 Å². The predicted octanol–water partition coefficient (Wildman–Crippen LogP) is 10.1. The average molecular weight is 1160 g/mol. The van der Waals surface area contributed by atoms with Gasteiger partial charge in [-0.2, -0.15) is 26.3 Å². The number of para-hydroxylation sites is 1. The van der Waals surface area contributed by atoms with Crippen LogP contribution in [-0.4, -0.2) is 116 Å². The number of carboxylic acid groups (broad SMARTS) is 2. The van der Waals surface area contributed by atoms with Crippen molar-refractivity contribution in [1.82, 2.24) is 0 Å². The first-order valence-corrected chi connectivity index (χ1v) is 28.7. The maximum Gasteiger partial charge on any atom is 0.430 e. The number of rotatable bonds is 19. The number of piperidine rings is 6. The molecule has 4 atom stereocenters. The number of alkyl halides is 6. The third kappa shape index (κ3) is 19.0. The van der Waals surface area contributed by atoms with Gasteiger partial charge < -0.3 is 43.0 Å². The van der Waals surface area contributed by atoms with Crippen molar-refractivity contribution in [2.45, 2.75) is 94.2 Å². The lowest BCUT2D eigenvalue weighted by atomic mass is 9.82. The number of fused-ring (bicyclic) bond motifs is 6. The normalized spacial score (nSPS) is 22.2. The molecule has 0 aliphatic carbocycles. The lowest BCUT2D eigenvalue weighted by molar-refractivity contribution is -0.946. The first-order valence-electron chi connectivity index (χ1n) is 27.9. The number of aryl methyl sites for hydroxylation is 1. The maximum atomic E-state index is 13.6. The highest BCUT2D eigenvalue weighted by atomic mass is 32.1. The number of esters is 2. The predicted molar refractivity (Wildman–Crippen MR) is 295 cm³/mol. The molecule has 0 N–H and O–H groups in total. The van der Waals surface area contributed by atoms with E-state index >= 15 is 0 Å². The van der Waals surface area contributed by atoms with Crippen LogP contribution in [0.25, 0.3) is 0 Å². The molecule has 6 aromatic rings. The molecule has 0 saturated carbocycles. The van der Waals surface area contributed by atoms with Crippen LogP contribution in [0.4, 0.5) is 26.3 Å². The zero-order valence-corrected chi connectivity index (χ0v) is 46.4. The molecule has 7 heterocycles. The molecule has 6 aliphatic rings. The smallest absolute Gasteiger partial charge is 0.430 e. The van der Waals surface area contributed by atoms with E-state index in [1.165, 1.54) is 68.8 Å². The van der Waals surface area contributed by atoms with E-state index < -0.39 is 24.3 Å². The van der Waals surface area contributed by atoms with Crippen LogP contribution in [0.1, 0.15) is 77.5 Å². The van der Waals surface area contributed by atoms with Crippen molar-refractivity contribution in [3.05, 3.63) is 196 Å². The molecular formula is C64H70F6N2O9S. The summed E-state index contributed by atoms with van der Waals surface area (Å²) in [5.41, 5.74) is 4.42. The first-order chi connectivity index (χ1) is 39.3. The van der Waals surface area contributed by atoms with Gasteiger partial charge in [-0.1, -0.05) is 146 Å². The third-order valence-electron chi connectivity index (χ3n) is 16.0. The Morgan fingerprint density at radius 2 is 0.878 bits per heavy atom. The second-order valence-corrected chi connectivity index (χ2v) is 22.6. The van der Waals surface area contributed by atoms with Gasteiger partial charge in [-0.3, -0.25) is 9.59 Å². The molecule has 1 aromatic heterocycles. The zero-order chi connectivity index (χ0) is 58.6. The molecule has 6 fully saturated rings. The lowest BCUT2D eigenvalue weighted by Crippen LogP contribution is -2.64. The van der Waals surface area contributed by atoms with Crippen LogP contribution in [0.3, 0.4) is 0 Å². The van der Waals surface area contributed by atoms with E-state index in [4.69, 9.17) is 34.0 Å². The Bertz CT molecular complexity index is 2840. The molecule has 0 amide bonds. The van der Waals surface area contributed by atoms with E-state index in [0.29, 0.717) is 24.7 Å². The number of nitrogens with zero attached hydrogens (tertiary/aromatic N) is 2. The Hall–Kier alpha value is -7.02. The number of carbonyl (C=O) groups is 4. The van der Waals surface area contributed by atoms with E-state index in [9.17, 15) is 35.9 Å². The highest BCUT2D eigenvalue weighted by molar-refractivity contribution is 7.09. The number of quaternary nitrogens is 2. The molecule has 0 spiro atoms. The molecule has 4 bridgehead atoms. The molecule has 6 saturated heterocycles. The Balaban J connectivity index is 0.000000192. The summed E-state index contributed by atoms with van der Waals surface area (Å²) in [4.78, 5) is 46.2. The van der Waals surface area contributed by atoms with Crippen molar-refractivity contribution >= 4 is 35.2 Å². The fourth-order valence-electron chi connectivity index (χ4n) is 11.7. The van der Waals surface area contributed by atoms with Crippen molar-refractivity contribution in [2.24, 2.45) is 11.8 Å². The van der Waals surface area contributed by atoms with Gasteiger partial charge in [0, 0.05) is 55.2 Å². The molecule has 438 valence electrons. The van der Waals surface area contributed by atoms with E-state index in [1.807, 2.05) is 127 Å². The van der Waals surface area contributed by atoms with Crippen LogP contribution in [0, 0.1) is 11.8 Å². The number of hydrogen-bond donors (Lipinski definition) is 0. The monoisotopic (exact) mass is 1160 g/mol. The molecule has 2 unspecified atom stereocenters. The molecule has 12 rings (SSSR count). The lowest BCUT2D eigenvalue weighted by Gasteiger charge is -2.52. The number of thiophene rings is 1. The van der Waals surface area contributed by atoms with Crippen LogP contribution in [0.2, 0.25) is 0 Å². The quantitative estimate of drug-likeness (QED) is 0.0335. The van der Waals surface area contributed by atoms with Gasteiger partial charge in [-0.05, 0) is 65.1 Å². The SMILES string of the molecule is O=C(O[C@H]1C[N+]2(CCCOc3ccccc3)CCC1CC2)C(Cc1ccccc1)c1ccccc1.O=C(O[C@H]1C[N+]2(CCCc3cccs3)CCC1CC2)C(Cc1ccccc1)c1ccccc1.O=C([O-])C(F)(F)F.O=C([O-])C(F)(F)F. The average Bonchev–Trinajstić information content (AvgIpc) is 4.14. The summed E-state index contributed by atoms with van der Waals surface area (Å²) in [5, 5.41) is 19.7. The number of ether oxygens (including phenoxy) is 3. The highest BCUT2D eigenvalue weighted by Crippen LogP contribution is 2.39.